The SMILES string of the molecule is CC(C)NC(=O)CCOc1cc2c(cc1C(=O)O)OCO2. The maximum atomic E-state index is 11.5. The molecule has 0 spiro atoms. The van der Waals surface area contributed by atoms with Gasteiger partial charge >= 0.3 is 5.97 Å². The molecule has 0 aromatic heterocycles. The molecule has 0 aliphatic carbocycles. The lowest BCUT2D eigenvalue weighted by Crippen LogP contribution is -2.31. The van der Waals surface area contributed by atoms with Crippen molar-refractivity contribution >= 4 is 11.9 Å². The molecule has 0 radical (unpaired) electrons. The summed E-state index contributed by atoms with van der Waals surface area (Å²) in [5.41, 5.74) is -0.0245. The van der Waals surface area contributed by atoms with Crippen LogP contribution in [0, 0.1) is 0 Å². The first-order valence-corrected chi connectivity index (χ1v) is 6.56. The van der Waals surface area contributed by atoms with E-state index in [4.69, 9.17) is 19.3 Å². The van der Waals surface area contributed by atoms with Crippen LogP contribution in [-0.4, -0.2) is 36.4 Å². The third-order valence-electron chi connectivity index (χ3n) is 2.74. The number of rotatable bonds is 6. The molecule has 0 fully saturated rings. The Kier molecular flexibility index (Phi) is 4.52. The molecule has 7 heteroatoms. The highest BCUT2D eigenvalue weighted by Gasteiger charge is 2.21. The number of carboxylic acids is 1. The van der Waals surface area contributed by atoms with Crippen LogP contribution in [0.5, 0.6) is 17.2 Å². The molecule has 2 rings (SSSR count). The van der Waals surface area contributed by atoms with Gasteiger partial charge in [-0.1, -0.05) is 0 Å². The molecule has 0 saturated heterocycles. The maximum absolute atomic E-state index is 11.5. The fourth-order valence-electron chi connectivity index (χ4n) is 1.86. The second-order valence-corrected chi connectivity index (χ2v) is 4.83. The lowest BCUT2D eigenvalue weighted by molar-refractivity contribution is -0.122. The third kappa shape index (κ3) is 3.77. The van der Waals surface area contributed by atoms with Crippen molar-refractivity contribution in [2.75, 3.05) is 13.4 Å². The zero-order valence-corrected chi connectivity index (χ0v) is 11.8. The van der Waals surface area contributed by atoms with Gasteiger partial charge in [-0.2, -0.15) is 0 Å². The first kappa shape index (κ1) is 15.0. The Bertz CT molecular complexity index is 555. The Morgan fingerprint density at radius 2 is 2.00 bits per heavy atom. The van der Waals surface area contributed by atoms with Gasteiger partial charge in [0.05, 0.1) is 13.0 Å². The third-order valence-corrected chi connectivity index (χ3v) is 2.74. The highest BCUT2D eigenvalue weighted by molar-refractivity contribution is 5.92. The number of fused-ring (bicyclic) bond motifs is 1. The number of carbonyl (C=O) groups is 2. The number of hydrogen-bond donors (Lipinski definition) is 2. The summed E-state index contributed by atoms with van der Waals surface area (Å²) < 4.78 is 15.7. The van der Waals surface area contributed by atoms with E-state index in [1.807, 2.05) is 13.8 Å². The van der Waals surface area contributed by atoms with E-state index in [9.17, 15) is 9.59 Å². The van der Waals surface area contributed by atoms with Crippen molar-refractivity contribution in [1.82, 2.24) is 5.32 Å². The van der Waals surface area contributed by atoms with Gasteiger partial charge in [-0.05, 0) is 13.8 Å². The van der Waals surface area contributed by atoms with Crippen LogP contribution >= 0.6 is 0 Å². The van der Waals surface area contributed by atoms with E-state index in [0.29, 0.717) is 11.5 Å². The highest BCUT2D eigenvalue weighted by Crippen LogP contribution is 2.38. The number of carbonyl (C=O) groups excluding carboxylic acids is 1. The molecule has 1 aliphatic rings. The highest BCUT2D eigenvalue weighted by atomic mass is 16.7. The van der Waals surface area contributed by atoms with Crippen molar-refractivity contribution in [1.29, 1.82) is 0 Å². The Morgan fingerprint density at radius 1 is 1.33 bits per heavy atom. The van der Waals surface area contributed by atoms with Gasteiger partial charge in [-0.15, -0.1) is 0 Å². The van der Waals surface area contributed by atoms with E-state index in [2.05, 4.69) is 5.32 Å². The average Bonchev–Trinajstić information content (AvgIpc) is 2.83. The predicted octanol–water partition coefficient (Wildman–Crippen LogP) is 1.41. The summed E-state index contributed by atoms with van der Waals surface area (Å²) in [4.78, 5) is 22.7. The van der Waals surface area contributed by atoms with E-state index in [-0.39, 0.29) is 43.1 Å². The Hall–Kier alpha value is -2.44. The quantitative estimate of drug-likeness (QED) is 0.824. The number of ether oxygens (including phenoxy) is 3. The fourth-order valence-corrected chi connectivity index (χ4v) is 1.86. The molecule has 0 bridgehead atoms. The summed E-state index contributed by atoms with van der Waals surface area (Å²) in [7, 11) is 0. The lowest BCUT2D eigenvalue weighted by Gasteiger charge is -2.11. The zero-order chi connectivity index (χ0) is 15.4. The number of carboxylic acid groups (broad SMARTS) is 1. The van der Waals surface area contributed by atoms with Crippen LogP contribution in [0.2, 0.25) is 0 Å². The van der Waals surface area contributed by atoms with Gasteiger partial charge in [0.1, 0.15) is 11.3 Å². The van der Waals surface area contributed by atoms with Crippen molar-refractivity contribution in [3.8, 4) is 17.2 Å². The molecule has 1 amide bonds. The Labute approximate surface area is 121 Å². The Morgan fingerprint density at radius 3 is 2.62 bits per heavy atom. The monoisotopic (exact) mass is 295 g/mol. The largest absolute Gasteiger partial charge is 0.492 e. The number of aromatic carboxylic acids is 1. The first-order valence-electron chi connectivity index (χ1n) is 6.56. The van der Waals surface area contributed by atoms with Crippen LogP contribution in [0.4, 0.5) is 0 Å². The molecule has 1 aromatic carbocycles. The van der Waals surface area contributed by atoms with Gasteiger partial charge in [0.25, 0.3) is 0 Å². The van der Waals surface area contributed by atoms with E-state index >= 15 is 0 Å². The fraction of sp³-hybridized carbons (Fsp3) is 0.429. The minimum atomic E-state index is -1.13. The second kappa shape index (κ2) is 6.34. The van der Waals surface area contributed by atoms with Crippen molar-refractivity contribution in [3.63, 3.8) is 0 Å². The van der Waals surface area contributed by atoms with Gasteiger partial charge in [-0.25, -0.2) is 4.79 Å². The summed E-state index contributed by atoms with van der Waals surface area (Å²) in [5, 5.41) is 11.9. The molecule has 1 heterocycles. The van der Waals surface area contributed by atoms with E-state index < -0.39 is 5.97 Å². The van der Waals surface area contributed by atoms with Crippen LogP contribution in [-0.2, 0) is 4.79 Å². The van der Waals surface area contributed by atoms with Crippen LogP contribution in [0.15, 0.2) is 12.1 Å². The van der Waals surface area contributed by atoms with Gasteiger partial charge in [-0.3, -0.25) is 4.79 Å². The van der Waals surface area contributed by atoms with Crippen molar-refractivity contribution in [2.24, 2.45) is 0 Å². The zero-order valence-electron chi connectivity index (χ0n) is 11.8. The van der Waals surface area contributed by atoms with Crippen LogP contribution in [0.3, 0.4) is 0 Å². The average molecular weight is 295 g/mol. The topological polar surface area (TPSA) is 94.1 Å². The molecule has 0 unspecified atom stereocenters. The molecule has 1 aromatic rings. The van der Waals surface area contributed by atoms with Crippen LogP contribution in [0.1, 0.15) is 30.6 Å². The smallest absolute Gasteiger partial charge is 0.339 e. The molecule has 1 aliphatic heterocycles. The van der Waals surface area contributed by atoms with Crippen LogP contribution in [0.25, 0.3) is 0 Å². The molecular weight excluding hydrogens is 278 g/mol. The lowest BCUT2D eigenvalue weighted by atomic mass is 10.2. The molecule has 0 saturated carbocycles. The standard InChI is InChI=1S/C14H17NO6/c1-8(2)15-13(16)3-4-19-10-6-12-11(20-7-21-12)5-9(10)14(17)18/h5-6,8H,3-4,7H2,1-2H3,(H,15,16)(H,17,18). The minimum Gasteiger partial charge on any atom is -0.492 e. The van der Waals surface area contributed by atoms with E-state index in [1.165, 1.54) is 12.1 Å². The van der Waals surface area contributed by atoms with Gasteiger partial charge in [0.2, 0.25) is 12.7 Å². The minimum absolute atomic E-state index is 0.0245. The summed E-state index contributed by atoms with van der Waals surface area (Å²) in [6, 6.07) is 2.87. The number of nitrogens with one attached hydrogen (secondary N) is 1. The molecule has 2 N–H and O–H groups in total. The summed E-state index contributed by atoms with van der Waals surface area (Å²) >= 11 is 0. The maximum Gasteiger partial charge on any atom is 0.339 e. The number of benzene rings is 1. The number of hydrogen-bond acceptors (Lipinski definition) is 5. The van der Waals surface area contributed by atoms with E-state index in [1.54, 1.807) is 0 Å². The molecule has 114 valence electrons. The molecule has 21 heavy (non-hydrogen) atoms. The molecule has 7 nitrogen and oxygen atoms in total. The van der Waals surface area contributed by atoms with Crippen molar-refractivity contribution in [3.05, 3.63) is 17.7 Å². The van der Waals surface area contributed by atoms with Crippen molar-refractivity contribution in [2.45, 2.75) is 26.3 Å². The van der Waals surface area contributed by atoms with Gasteiger partial charge in [0, 0.05) is 18.2 Å². The number of amides is 1. The normalized spacial score (nSPS) is 12.3. The second-order valence-electron chi connectivity index (χ2n) is 4.83. The Balaban J connectivity index is 2.02. The molecule has 0 atom stereocenters. The summed E-state index contributed by atoms with van der Waals surface area (Å²) in [6.07, 6.45) is 0.145. The predicted molar refractivity (Wildman–Crippen MR) is 72.9 cm³/mol. The van der Waals surface area contributed by atoms with Crippen LogP contribution < -0.4 is 19.5 Å². The summed E-state index contributed by atoms with van der Waals surface area (Å²) in [6.45, 7) is 3.85. The summed E-state index contributed by atoms with van der Waals surface area (Å²) in [5.74, 6) is -0.319. The van der Waals surface area contributed by atoms with Crippen molar-refractivity contribution < 1.29 is 28.9 Å². The molecular formula is C14H17NO6. The van der Waals surface area contributed by atoms with E-state index in [0.717, 1.165) is 0 Å². The van der Waals surface area contributed by atoms with Gasteiger partial charge in [0.15, 0.2) is 11.5 Å². The first-order chi connectivity index (χ1) is 9.97. The van der Waals surface area contributed by atoms with Gasteiger partial charge < -0.3 is 24.6 Å².